The summed E-state index contributed by atoms with van der Waals surface area (Å²) in [6, 6.07) is 13.2. The number of nitrogens with zero attached hydrogens (tertiary/aromatic N) is 1. The molecule has 1 heterocycles. The highest BCUT2D eigenvalue weighted by molar-refractivity contribution is 5.91. The molecule has 1 aromatic heterocycles. The molecule has 2 N–H and O–H groups in total. The quantitative estimate of drug-likeness (QED) is 0.356. The van der Waals surface area contributed by atoms with Crippen LogP contribution in [0.4, 0.5) is 10.1 Å². The topological polar surface area (TPSA) is 46.2 Å². The minimum atomic E-state index is -0.244. The van der Waals surface area contributed by atoms with E-state index in [4.69, 9.17) is 4.74 Å². The van der Waals surface area contributed by atoms with E-state index < -0.39 is 0 Å². The lowest BCUT2D eigenvalue weighted by molar-refractivity contribution is 0.406. The van der Waals surface area contributed by atoms with E-state index >= 15 is 0 Å². The first-order valence-corrected chi connectivity index (χ1v) is 10.7. The van der Waals surface area contributed by atoms with Crippen molar-refractivity contribution >= 4 is 29.0 Å². The lowest BCUT2D eigenvalue weighted by Gasteiger charge is -2.12. The summed E-state index contributed by atoms with van der Waals surface area (Å²) >= 11 is 0. The van der Waals surface area contributed by atoms with Crippen LogP contribution < -0.4 is 15.4 Å². The SMILES string of the molecule is COc1ccc(F)cc1CNCCCNc1ccnc2cc(CCC(C)C)ccc12.Cl. The third-order valence-electron chi connectivity index (χ3n) is 5.22. The van der Waals surface area contributed by atoms with E-state index in [1.807, 2.05) is 12.3 Å². The predicted octanol–water partition coefficient (Wildman–Crippen LogP) is 5.98. The van der Waals surface area contributed by atoms with Crippen LogP contribution in [0, 0.1) is 11.7 Å². The van der Waals surface area contributed by atoms with Gasteiger partial charge in [-0.3, -0.25) is 4.98 Å². The zero-order chi connectivity index (χ0) is 21.3. The van der Waals surface area contributed by atoms with Crippen molar-refractivity contribution in [2.75, 3.05) is 25.5 Å². The molecular weight excluding hydrogens is 413 g/mol. The molecule has 0 aliphatic carbocycles. The van der Waals surface area contributed by atoms with Crippen LogP contribution in [-0.4, -0.2) is 25.2 Å². The van der Waals surface area contributed by atoms with Gasteiger partial charge in [0.25, 0.3) is 0 Å². The molecule has 0 spiro atoms. The zero-order valence-electron chi connectivity index (χ0n) is 18.6. The van der Waals surface area contributed by atoms with Crippen LogP contribution in [0.15, 0.2) is 48.7 Å². The Kier molecular flexibility index (Phi) is 10.0. The summed E-state index contributed by atoms with van der Waals surface area (Å²) in [6.07, 6.45) is 5.10. The second-order valence-corrected chi connectivity index (χ2v) is 8.06. The van der Waals surface area contributed by atoms with Gasteiger partial charge in [0.15, 0.2) is 0 Å². The van der Waals surface area contributed by atoms with Crippen LogP contribution >= 0.6 is 12.4 Å². The molecule has 2 aromatic carbocycles. The molecule has 0 unspecified atom stereocenters. The van der Waals surface area contributed by atoms with Gasteiger partial charge in [-0.2, -0.15) is 0 Å². The molecule has 31 heavy (non-hydrogen) atoms. The highest BCUT2D eigenvalue weighted by Gasteiger charge is 2.06. The van der Waals surface area contributed by atoms with E-state index in [0.717, 1.165) is 48.1 Å². The van der Waals surface area contributed by atoms with Crippen molar-refractivity contribution < 1.29 is 9.13 Å². The number of anilines is 1. The first kappa shape index (κ1) is 24.9. The van der Waals surface area contributed by atoms with Gasteiger partial charge in [-0.05, 0) is 67.6 Å². The van der Waals surface area contributed by atoms with Crippen LogP contribution in [0.3, 0.4) is 0 Å². The van der Waals surface area contributed by atoms with Crippen molar-refractivity contribution in [3.05, 3.63) is 65.6 Å². The first-order chi connectivity index (χ1) is 14.6. The third kappa shape index (κ3) is 7.37. The van der Waals surface area contributed by atoms with Crippen molar-refractivity contribution in [1.29, 1.82) is 0 Å². The van der Waals surface area contributed by atoms with Gasteiger partial charge in [-0.25, -0.2) is 4.39 Å². The van der Waals surface area contributed by atoms with Crippen LogP contribution in [0.2, 0.25) is 0 Å². The molecule has 0 radical (unpaired) electrons. The fraction of sp³-hybridized carbons (Fsp3) is 0.400. The Labute approximate surface area is 191 Å². The predicted molar refractivity (Wildman–Crippen MR) is 130 cm³/mol. The smallest absolute Gasteiger partial charge is 0.123 e. The van der Waals surface area contributed by atoms with Gasteiger partial charge < -0.3 is 15.4 Å². The Morgan fingerprint density at radius 3 is 2.68 bits per heavy atom. The Morgan fingerprint density at radius 2 is 1.90 bits per heavy atom. The second kappa shape index (κ2) is 12.5. The summed E-state index contributed by atoms with van der Waals surface area (Å²) in [5.41, 5.74) is 4.33. The highest BCUT2D eigenvalue weighted by Crippen LogP contribution is 2.23. The number of aromatic nitrogens is 1. The number of aryl methyl sites for hydroxylation is 1. The number of fused-ring (bicyclic) bond motifs is 1. The van der Waals surface area contributed by atoms with Crippen molar-refractivity contribution in [3.63, 3.8) is 0 Å². The van der Waals surface area contributed by atoms with Crippen molar-refractivity contribution in [1.82, 2.24) is 10.3 Å². The summed E-state index contributed by atoms with van der Waals surface area (Å²) in [6.45, 7) is 6.77. The van der Waals surface area contributed by atoms with E-state index in [9.17, 15) is 4.39 Å². The summed E-state index contributed by atoms with van der Waals surface area (Å²) in [7, 11) is 1.60. The van der Waals surface area contributed by atoms with E-state index in [0.29, 0.717) is 18.2 Å². The lowest BCUT2D eigenvalue weighted by Crippen LogP contribution is -2.18. The Bertz CT molecular complexity index is 965. The van der Waals surface area contributed by atoms with Crippen molar-refractivity contribution in [2.45, 2.75) is 39.7 Å². The molecule has 168 valence electrons. The molecular formula is C25H33ClFN3O. The zero-order valence-corrected chi connectivity index (χ0v) is 19.4. The standard InChI is InChI=1S/C25H32FN3O.ClH/c1-18(2)5-6-19-7-9-22-23(11-14-29-24(22)15-19)28-13-4-12-27-17-20-16-21(26)8-10-25(20)30-3;/h7-11,14-16,18,27H,4-6,12-13,17H2,1-3H3,(H,28,29);1H. The number of hydrogen-bond acceptors (Lipinski definition) is 4. The van der Waals surface area contributed by atoms with E-state index in [1.54, 1.807) is 13.2 Å². The molecule has 3 aromatic rings. The van der Waals surface area contributed by atoms with Gasteiger partial charge in [-0.15, -0.1) is 12.4 Å². The second-order valence-electron chi connectivity index (χ2n) is 8.06. The molecule has 0 atom stereocenters. The first-order valence-electron chi connectivity index (χ1n) is 10.7. The number of rotatable bonds is 11. The average molecular weight is 446 g/mol. The fourth-order valence-corrected chi connectivity index (χ4v) is 3.50. The number of hydrogen-bond donors (Lipinski definition) is 2. The Balaban J connectivity index is 0.00000341. The number of nitrogens with one attached hydrogen (secondary N) is 2. The molecule has 0 saturated carbocycles. The number of benzene rings is 2. The van der Waals surface area contributed by atoms with Gasteiger partial charge in [-0.1, -0.05) is 26.0 Å². The van der Waals surface area contributed by atoms with Gasteiger partial charge in [0.1, 0.15) is 11.6 Å². The summed E-state index contributed by atoms with van der Waals surface area (Å²) < 4.78 is 18.7. The summed E-state index contributed by atoms with van der Waals surface area (Å²) in [5.74, 6) is 1.17. The van der Waals surface area contributed by atoms with Crippen molar-refractivity contribution in [3.8, 4) is 5.75 Å². The number of methoxy groups -OCH3 is 1. The van der Waals surface area contributed by atoms with Crippen LogP contribution in [0.1, 0.15) is 37.8 Å². The number of ether oxygens (including phenoxy) is 1. The van der Waals surface area contributed by atoms with E-state index in [-0.39, 0.29) is 18.2 Å². The number of halogens is 2. The fourth-order valence-electron chi connectivity index (χ4n) is 3.50. The van der Waals surface area contributed by atoms with Crippen LogP contribution in [0.5, 0.6) is 5.75 Å². The van der Waals surface area contributed by atoms with E-state index in [1.165, 1.54) is 24.1 Å². The van der Waals surface area contributed by atoms with Crippen LogP contribution in [0.25, 0.3) is 10.9 Å². The molecule has 0 saturated heterocycles. The largest absolute Gasteiger partial charge is 0.496 e. The Hall–Kier alpha value is -2.37. The number of pyridine rings is 1. The van der Waals surface area contributed by atoms with Gasteiger partial charge in [0, 0.05) is 35.9 Å². The average Bonchev–Trinajstić information content (AvgIpc) is 2.74. The third-order valence-corrected chi connectivity index (χ3v) is 5.22. The molecule has 3 rings (SSSR count). The van der Waals surface area contributed by atoms with Crippen molar-refractivity contribution in [2.24, 2.45) is 5.92 Å². The minimum Gasteiger partial charge on any atom is -0.496 e. The van der Waals surface area contributed by atoms with Crippen LogP contribution in [-0.2, 0) is 13.0 Å². The molecule has 4 nitrogen and oxygen atoms in total. The van der Waals surface area contributed by atoms with Gasteiger partial charge >= 0.3 is 0 Å². The molecule has 0 fully saturated rings. The maximum Gasteiger partial charge on any atom is 0.123 e. The van der Waals surface area contributed by atoms with E-state index in [2.05, 4.69) is 47.7 Å². The highest BCUT2D eigenvalue weighted by atomic mass is 35.5. The van der Waals surface area contributed by atoms with Gasteiger partial charge in [0.05, 0.1) is 12.6 Å². The summed E-state index contributed by atoms with van der Waals surface area (Å²) in [5, 5.41) is 8.04. The van der Waals surface area contributed by atoms with Gasteiger partial charge in [0.2, 0.25) is 0 Å². The Morgan fingerprint density at radius 1 is 1.06 bits per heavy atom. The molecule has 0 amide bonds. The lowest BCUT2D eigenvalue weighted by atomic mass is 10.0. The molecule has 0 bridgehead atoms. The maximum absolute atomic E-state index is 13.4. The molecule has 0 aliphatic heterocycles. The summed E-state index contributed by atoms with van der Waals surface area (Å²) in [4.78, 5) is 4.55. The minimum absolute atomic E-state index is 0. The maximum atomic E-state index is 13.4. The molecule has 0 aliphatic rings. The monoisotopic (exact) mass is 445 g/mol. The normalized spacial score (nSPS) is 10.9. The molecule has 6 heteroatoms.